The second-order valence-electron chi connectivity index (χ2n) is 4.04. The Morgan fingerprint density at radius 1 is 1.50 bits per heavy atom. The van der Waals surface area contributed by atoms with Gasteiger partial charge in [-0.05, 0) is 19.6 Å². The van der Waals surface area contributed by atoms with Gasteiger partial charge in [0.25, 0.3) is 0 Å². The smallest absolute Gasteiger partial charge is 0.211 e. The molecule has 5 heteroatoms. The van der Waals surface area contributed by atoms with Crippen LogP contribution in [-0.4, -0.2) is 39.3 Å². The van der Waals surface area contributed by atoms with Crippen LogP contribution in [0.2, 0.25) is 19.6 Å². The number of rotatable bonds is 8. The van der Waals surface area contributed by atoms with E-state index < -0.39 is 14.4 Å². The molecule has 84 valence electrons. The zero-order chi connectivity index (χ0) is 11.0. The zero-order valence-corrected chi connectivity index (χ0v) is 10.2. The van der Waals surface area contributed by atoms with Crippen LogP contribution in [0.15, 0.2) is 12.7 Å². The van der Waals surface area contributed by atoms with Gasteiger partial charge in [-0.15, -0.1) is 6.58 Å². The molecule has 0 saturated carbocycles. The van der Waals surface area contributed by atoms with E-state index in [0.717, 1.165) is 0 Å². The Kier molecular flexibility index (Phi) is 7.03. The van der Waals surface area contributed by atoms with Crippen molar-refractivity contribution in [3.63, 3.8) is 0 Å². The highest BCUT2D eigenvalue weighted by atomic mass is 28.4. The van der Waals surface area contributed by atoms with Crippen molar-refractivity contribution in [3.05, 3.63) is 12.7 Å². The van der Waals surface area contributed by atoms with E-state index >= 15 is 0 Å². The summed E-state index contributed by atoms with van der Waals surface area (Å²) in [5.41, 5.74) is 2.76. The average molecular weight is 219 g/mol. The lowest BCUT2D eigenvalue weighted by atomic mass is 10.4. The third-order valence-corrected chi connectivity index (χ3v) is 2.00. The monoisotopic (exact) mass is 219 g/mol. The fraction of sp³-hybridized carbons (Fsp3) is 0.778. The molecular weight excluding hydrogens is 198 g/mol. The fourth-order valence-electron chi connectivity index (χ4n) is 0.701. The van der Waals surface area contributed by atoms with Crippen LogP contribution in [0.5, 0.6) is 0 Å². The van der Waals surface area contributed by atoms with Gasteiger partial charge < -0.3 is 14.4 Å². The normalized spacial score (nSPS) is 14.0. The van der Waals surface area contributed by atoms with Crippen LogP contribution in [0.25, 0.3) is 0 Å². The first-order valence-electron chi connectivity index (χ1n) is 4.73. The van der Waals surface area contributed by atoms with E-state index in [9.17, 15) is 5.11 Å². The molecule has 0 aromatic heterocycles. The van der Waals surface area contributed by atoms with E-state index in [1.807, 2.05) is 0 Å². The Bertz CT molecular complexity index is 159. The van der Waals surface area contributed by atoms with Gasteiger partial charge in [0.05, 0.1) is 19.3 Å². The Balaban J connectivity index is 3.35. The molecule has 0 spiro atoms. The van der Waals surface area contributed by atoms with Gasteiger partial charge in [-0.1, -0.05) is 6.08 Å². The van der Waals surface area contributed by atoms with E-state index in [0.29, 0.717) is 19.8 Å². The molecule has 0 amide bonds. The molecule has 2 N–H and O–H groups in total. The van der Waals surface area contributed by atoms with Crippen LogP contribution in [-0.2, 0) is 9.26 Å². The molecule has 1 atom stereocenters. The third-order valence-electron chi connectivity index (χ3n) is 1.24. The lowest BCUT2D eigenvalue weighted by Crippen LogP contribution is -2.38. The molecule has 14 heavy (non-hydrogen) atoms. The van der Waals surface area contributed by atoms with Gasteiger partial charge in [0.2, 0.25) is 8.32 Å². The summed E-state index contributed by atoms with van der Waals surface area (Å²) in [7, 11) is -1.54. The van der Waals surface area contributed by atoms with E-state index in [4.69, 9.17) is 9.26 Å². The first kappa shape index (κ1) is 13.8. The molecule has 4 nitrogen and oxygen atoms in total. The van der Waals surface area contributed by atoms with Gasteiger partial charge in [-0.3, -0.25) is 0 Å². The van der Waals surface area contributed by atoms with Crippen LogP contribution in [0.3, 0.4) is 0 Å². The maximum Gasteiger partial charge on any atom is 0.211 e. The Hall–Kier alpha value is -0.203. The molecule has 0 heterocycles. The number of hydrogen-bond acceptors (Lipinski definition) is 4. The molecule has 0 aromatic carbocycles. The Morgan fingerprint density at radius 3 is 2.64 bits per heavy atom. The molecule has 0 rings (SSSR count). The van der Waals surface area contributed by atoms with E-state index in [2.05, 4.69) is 31.7 Å². The largest absolute Gasteiger partial charge is 0.389 e. The summed E-state index contributed by atoms with van der Waals surface area (Å²) in [5, 5.41) is 9.39. The number of nitrogens with one attached hydrogen (secondary N) is 1. The number of hydrogen-bond donors (Lipinski definition) is 2. The van der Waals surface area contributed by atoms with Crippen molar-refractivity contribution < 1.29 is 14.4 Å². The first-order valence-corrected chi connectivity index (χ1v) is 8.14. The lowest BCUT2D eigenvalue weighted by molar-refractivity contribution is 0.0285. The van der Waals surface area contributed by atoms with Crippen molar-refractivity contribution in [2.24, 2.45) is 0 Å². The standard InChI is InChI=1S/C9H21NO3Si/c1-5-6-12-8-9(11)7-10-13-14(2,3)4/h5,9-11H,1,6-8H2,2-4H3. The minimum absolute atomic E-state index is 0.300. The summed E-state index contributed by atoms with van der Waals surface area (Å²) >= 11 is 0. The molecule has 0 aliphatic carbocycles. The van der Waals surface area contributed by atoms with Gasteiger partial charge in [-0.2, -0.15) is 0 Å². The quantitative estimate of drug-likeness (QED) is 0.276. The maximum absolute atomic E-state index is 9.39. The molecule has 0 radical (unpaired) electrons. The van der Waals surface area contributed by atoms with Crippen LogP contribution >= 0.6 is 0 Å². The highest BCUT2D eigenvalue weighted by Gasteiger charge is 2.15. The Labute approximate surface area is 87.0 Å². The minimum atomic E-state index is -1.54. The van der Waals surface area contributed by atoms with E-state index in [1.54, 1.807) is 6.08 Å². The second kappa shape index (κ2) is 7.14. The topological polar surface area (TPSA) is 50.7 Å². The summed E-state index contributed by atoms with van der Waals surface area (Å²) in [5.74, 6) is 0. The van der Waals surface area contributed by atoms with Gasteiger partial charge in [-0.25, -0.2) is 5.48 Å². The summed E-state index contributed by atoms with van der Waals surface area (Å²) < 4.78 is 10.4. The van der Waals surface area contributed by atoms with Gasteiger partial charge >= 0.3 is 0 Å². The number of ether oxygens (including phenoxy) is 1. The van der Waals surface area contributed by atoms with Crippen molar-refractivity contribution in [2.45, 2.75) is 25.7 Å². The third kappa shape index (κ3) is 9.88. The van der Waals surface area contributed by atoms with Crippen LogP contribution in [0.4, 0.5) is 0 Å². The van der Waals surface area contributed by atoms with Crippen LogP contribution in [0, 0.1) is 0 Å². The van der Waals surface area contributed by atoms with E-state index in [-0.39, 0.29) is 0 Å². The van der Waals surface area contributed by atoms with Gasteiger partial charge in [0, 0.05) is 6.54 Å². The first-order chi connectivity index (χ1) is 6.45. The van der Waals surface area contributed by atoms with Gasteiger partial charge in [0.1, 0.15) is 0 Å². The number of aliphatic hydroxyl groups is 1. The zero-order valence-electron chi connectivity index (χ0n) is 9.25. The Morgan fingerprint density at radius 2 is 2.14 bits per heavy atom. The SMILES string of the molecule is C=CCOCC(O)CNO[Si](C)(C)C. The summed E-state index contributed by atoms with van der Waals surface area (Å²) in [6.45, 7) is 10.9. The summed E-state index contributed by atoms with van der Waals surface area (Å²) in [6, 6.07) is 0. The second-order valence-corrected chi connectivity index (χ2v) is 8.47. The van der Waals surface area contributed by atoms with E-state index in [1.165, 1.54) is 0 Å². The summed E-state index contributed by atoms with van der Waals surface area (Å²) in [6.07, 6.45) is 1.12. The molecule has 0 saturated heterocycles. The maximum atomic E-state index is 9.39. The number of aliphatic hydroxyl groups excluding tert-OH is 1. The van der Waals surface area contributed by atoms with Crippen molar-refractivity contribution in [1.29, 1.82) is 0 Å². The van der Waals surface area contributed by atoms with Crippen molar-refractivity contribution in [2.75, 3.05) is 19.8 Å². The number of hydroxylamine groups is 1. The van der Waals surface area contributed by atoms with Crippen molar-refractivity contribution in [1.82, 2.24) is 5.48 Å². The average Bonchev–Trinajstić information content (AvgIpc) is 2.02. The molecule has 1 unspecified atom stereocenters. The molecule has 0 aliphatic rings. The van der Waals surface area contributed by atoms with Crippen LogP contribution in [0.1, 0.15) is 0 Å². The molecule has 0 fully saturated rings. The summed E-state index contributed by atoms with van der Waals surface area (Å²) in [4.78, 5) is 0. The predicted octanol–water partition coefficient (Wildman–Crippen LogP) is 0.906. The molecule has 0 aliphatic heterocycles. The van der Waals surface area contributed by atoms with Crippen LogP contribution < -0.4 is 5.48 Å². The lowest BCUT2D eigenvalue weighted by Gasteiger charge is -2.19. The fourth-order valence-corrected chi connectivity index (χ4v) is 1.22. The highest BCUT2D eigenvalue weighted by molar-refractivity contribution is 6.69. The molecular formula is C9H21NO3Si. The van der Waals surface area contributed by atoms with Gasteiger partial charge in [0.15, 0.2) is 0 Å². The highest BCUT2D eigenvalue weighted by Crippen LogP contribution is 1.98. The minimum Gasteiger partial charge on any atom is -0.389 e. The predicted molar refractivity (Wildman–Crippen MR) is 59.5 cm³/mol. The molecule has 0 aromatic rings. The van der Waals surface area contributed by atoms with Crippen molar-refractivity contribution >= 4 is 8.32 Å². The van der Waals surface area contributed by atoms with Crippen molar-refractivity contribution in [3.8, 4) is 0 Å². The molecule has 0 bridgehead atoms.